The second kappa shape index (κ2) is 10.6. The smallest absolute Gasteiger partial charge is 0.246 e. The van der Waals surface area contributed by atoms with Crippen molar-refractivity contribution in [2.24, 2.45) is 0 Å². The molecule has 0 aromatic heterocycles. The summed E-state index contributed by atoms with van der Waals surface area (Å²) in [5.41, 5.74) is 2.20. The van der Waals surface area contributed by atoms with Gasteiger partial charge in [-0.1, -0.05) is 18.2 Å². The summed E-state index contributed by atoms with van der Waals surface area (Å²) in [6, 6.07) is 6.01. The third-order valence-electron chi connectivity index (χ3n) is 3.25. The van der Waals surface area contributed by atoms with Crippen LogP contribution in [0.3, 0.4) is 0 Å². The number of carbonyl (C=O) groups is 2. The van der Waals surface area contributed by atoms with E-state index < -0.39 is 0 Å². The molecule has 0 fully saturated rings. The number of para-hydroxylation sites is 1. The first-order valence-electron chi connectivity index (χ1n) is 7.76. The molecule has 2 amide bonds. The van der Waals surface area contributed by atoms with Crippen LogP contribution in [0.25, 0.3) is 0 Å². The van der Waals surface area contributed by atoms with Crippen molar-refractivity contribution in [1.82, 2.24) is 10.6 Å². The Morgan fingerprint density at radius 3 is 2.26 bits per heavy atom. The van der Waals surface area contributed by atoms with Crippen molar-refractivity contribution >= 4 is 11.8 Å². The molecule has 0 atom stereocenters. The van der Waals surface area contributed by atoms with E-state index in [9.17, 15) is 9.59 Å². The van der Waals surface area contributed by atoms with Crippen molar-refractivity contribution in [2.45, 2.75) is 26.7 Å². The molecule has 0 bridgehead atoms. The molecule has 1 aromatic rings. The first kappa shape index (κ1) is 19.0. The van der Waals surface area contributed by atoms with Crippen LogP contribution in [0.1, 0.15) is 24.0 Å². The molecular formula is C17H26N2O4. The van der Waals surface area contributed by atoms with Crippen LogP contribution in [0, 0.1) is 13.8 Å². The van der Waals surface area contributed by atoms with E-state index in [0.29, 0.717) is 32.5 Å². The predicted octanol–water partition coefficient (Wildman–Crippen LogP) is 1.34. The Balaban J connectivity index is 2.11. The van der Waals surface area contributed by atoms with Crippen LogP contribution in [0.2, 0.25) is 0 Å². The lowest BCUT2D eigenvalue weighted by Gasteiger charge is -2.12. The van der Waals surface area contributed by atoms with Gasteiger partial charge in [0.15, 0.2) is 0 Å². The number of hydrogen-bond donors (Lipinski definition) is 2. The number of carbonyl (C=O) groups excluding carboxylic acids is 2. The van der Waals surface area contributed by atoms with E-state index in [1.165, 1.54) is 7.11 Å². The molecule has 0 radical (unpaired) electrons. The lowest BCUT2D eigenvalue weighted by atomic mass is 10.1. The van der Waals surface area contributed by atoms with Crippen LogP contribution in [0.15, 0.2) is 18.2 Å². The van der Waals surface area contributed by atoms with E-state index in [1.54, 1.807) is 0 Å². The minimum absolute atomic E-state index is 0.0314. The molecule has 2 N–H and O–H groups in total. The molecule has 0 heterocycles. The van der Waals surface area contributed by atoms with Gasteiger partial charge in [0.1, 0.15) is 12.4 Å². The van der Waals surface area contributed by atoms with Gasteiger partial charge >= 0.3 is 0 Å². The van der Waals surface area contributed by atoms with Crippen LogP contribution < -0.4 is 15.4 Å². The standard InChI is InChI=1S/C17H26N2O4/c1-13-6-4-7-14(2)17(13)23-11-5-8-15(20)18-9-10-19-16(21)12-22-3/h4,6-7H,5,8-12H2,1-3H3,(H,18,20)(H,19,21). The average Bonchev–Trinajstić information content (AvgIpc) is 2.50. The third-order valence-corrected chi connectivity index (χ3v) is 3.25. The molecule has 128 valence electrons. The Hall–Kier alpha value is -2.08. The number of hydrogen-bond acceptors (Lipinski definition) is 4. The second-order valence-corrected chi connectivity index (χ2v) is 5.31. The summed E-state index contributed by atoms with van der Waals surface area (Å²) in [5.74, 6) is 0.661. The van der Waals surface area contributed by atoms with Gasteiger partial charge in [-0.25, -0.2) is 0 Å². The van der Waals surface area contributed by atoms with Crippen LogP contribution in [0.5, 0.6) is 5.75 Å². The lowest BCUT2D eigenvalue weighted by molar-refractivity contribution is -0.125. The van der Waals surface area contributed by atoms with Crippen molar-refractivity contribution in [3.8, 4) is 5.75 Å². The number of benzene rings is 1. The van der Waals surface area contributed by atoms with Crippen LogP contribution >= 0.6 is 0 Å². The van der Waals surface area contributed by atoms with Crippen LogP contribution in [0.4, 0.5) is 0 Å². The van der Waals surface area contributed by atoms with Crippen molar-refractivity contribution in [1.29, 1.82) is 0 Å². The first-order chi connectivity index (χ1) is 11.0. The normalized spacial score (nSPS) is 10.2. The van der Waals surface area contributed by atoms with Crippen molar-refractivity contribution in [2.75, 3.05) is 33.4 Å². The van der Waals surface area contributed by atoms with Gasteiger partial charge in [0.25, 0.3) is 0 Å². The van der Waals surface area contributed by atoms with Gasteiger partial charge in [0.2, 0.25) is 11.8 Å². The van der Waals surface area contributed by atoms with Gasteiger partial charge in [0, 0.05) is 26.6 Å². The number of aryl methyl sites for hydroxylation is 2. The number of ether oxygens (including phenoxy) is 2. The first-order valence-corrected chi connectivity index (χ1v) is 7.76. The fraction of sp³-hybridized carbons (Fsp3) is 0.529. The number of nitrogens with one attached hydrogen (secondary N) is 2. The summed E-state index contributed by atoms with van der Waals surface area (Å²) in [4.78, 5) is 22.8. The van der Waals surface area contributed by atoms with E-state index >= 15 is 0 Å². The molecular weight excluding hydrogens is 296 g/mol. The van der Waals surface area contributed by atoms with Crippen molar-refractivity contribution in [3.05, 3.63) is 29.3 Å². The van der Waals surface area contributed by atoms with Crippen LogP contribution in [-0.4, -0.2) is 45.2 Å². The molecule has 6 heteroatoms. The second-order valence-electron chi connectivity index (χ2n) is 5.31. The quantitative estimate of drug-likeness (QED) is 0.637. The molecule has 0 unspecified atom stereocenters. The minimum Gasteiger partial charge on any atom is -0.493 e. The summed E-state index contributed by atoms with van der Waals surface area (Å²) < 4.78 is 10.4. The molecule has 1 aromatic carbocycles. The fourth-order valence-electron chi connectivity index (χ4n) is 2.11. The molecule has 0 aliphatic heterocycles. The summed E-state index contributed by atoms with van der Waals surface area (Å²) in [6.07, 6.45) is 1.05. The van der Waals surface area contributed by atoms with Crippen molar-refractivity contribution < 1.29 is 19.1 Å². The molecule has 23 heavy (non-hydrogen) atoms. The highest BCUT2D eigenvalue weighted by molar-refractivity contribution is 5.77. The Bertz CT molecular complexity index is 497. The van der Waals surface area contributed by atoms with Gasteiger partial charge in [-0.2, -0.15) is 0 Å². The maximum Gasteiger partial charge on any atom is 0.246 e. The summed E-state index contributed by atoms with van der Waals surface area (Å²) in [7, 11) is 1.46. The zero-order valence-electron chi connectivity index (χ0n) is 14.1. The summed E-state index contributed by atoms with van der Waals surface area (Å²) >= 11 is 0. The highest BCUT2D eigenvalue weighted by Crippen LogP contribution is 2.22. The van der Waals surface area contributed by atoms with E-state index in [-0.39, 0.29) is 18.4 Å². The number of rotatable bonds is 10. The van der Waals surface area contributed by atoms with E-state index in [2.05, 4.69) is 15.4 Å². The largest absolute Gasteiger partial charge is 0.493 e. The topological polar surface area (TPSA) is 76.7 Å². The molecule has 0 spiro atoms. The Morgan fingerprint density at radius 1 is 1.04 bits per heavy atom. The van der Waals surface area contributed by atoms with E-state index in [1.807, 2.05) is 32.0 Å². The molecule has 0 saturated heterocycles. The van der Waals surface area contributed by atoms with E-state index in [0.717, 1.165) is 16.9 Å². The van der Waals surface area contributed by atoms with Gasteiger partial charge in [-0.05, 0) is 31.4 Å². The van der Waals surface area contributed by atoms with Gasteiger partial charge in [-0.15, -0.1) is 0 Å². The molecule has 1 rings (SSSR count). The van der Waals surface area contributed by atoms with E-state index in [4.69, 9.17) is 4.74 Å². The minimum atomic E-state index is -0.191. The maximum absolute atomic E-state index is 11.7. The monoisotopic (exact) mass is 322 g/mol. The fourth-order valence-corrected chi connectivity index (χ4v) is 2.11. The Labute approximate surface area is 137 Å². The van der Waals surface area contributed by atoms with Gasteiger partial charge in [-0.3, -0.25) is 9.59 Å². The highest BCUT2D eigenvalue weighted by Gasteiger charge is 2.05. The van der Waals surface area contributed by atoms with Gasteiger partial charge in [0.05, 0.1) is 6.61 Å². The molecule has 6 nitrogen and oxygen atoms in total. The van der Waals surface area contributed by atoms with Crippen LogP contribution in [-0.2, 0) is 14.3 Å². The average molecular weight is 322 g/mol. The third kappa shape index (κ3) is 7.65. The lowest BCUT2D eigenvalue weighted by Crippen LogP contribution is -2.36. The zero-order valence-corrected chi connectivity index (χ0v) is 14.1. The summed E-state index contributed by atoms with van der Waals surface area (Å²) in [6.45, 7) is 5.35. The maximum atomic E-state index is 11.7. The molecule has 0 aliphatic carbocycles. The Kier molecular flexibility index (Phi) is 8.75. The summed E-state index contributed by atoms with van der Waals surface area (Å²) in [5, 5.41) is 5.39. The molecule has 0 saturated carbocycles. The van der Waals surface area contributed by atoms with Crippen molar-refractivity contribution in [3.63, 3.8) is 0 Å². The molecule has 0 aliphatic rings. The number of amides is 2. The Morgan fingerprint density at radius 2 is 1.65 bits per heavy atom. The van der Waals surface area contributed by atoms with Gasteiger partial charge < -0.3 is 20.1 Å². The zero-order chi connectivity index (χ0) is 17.1. The highest BCUT2D eigenvalue weighted by atomic mass is 16.5. The SMILES string of the molecule is COCC(=O)NCCNC(=O)CCCOc1c(C)cccc1C. The number of methoxy groups -OCH3 is 1. The predicted molar refractivity (Wildman–Crippen MR) is 88.5 cm³/mol.